The lowest BCUT2D eigenvalue weighted by Gasteiger charge is -2.09. The molecule has 0 radical (unpaired) electrons. The van der Waals surface area contributed by atoms with Crippen LogP contribution in [0, 0.1) is 0 Å². The molecule has 0 aliphatic carbocycles. The summed E-state index contributed by atoms with van der Waals surface area (Å²) in [6.07, 6.45) is 5.56. The smallest absolute Gasteiger partial charge is 0.121 e. The van der Waals surface area contributed by atoms with Gasteiger partial charge in [0.25, 0.3) is 0 Å². The molecule has 1 aliphatic heterocycles. The van der Waals surface area contributed by atoms with Crippen molar-refractivity contribution in [3.63, 3.8) is 0 Å². The van der Waals surface area contributed by atoms with Crippen LogP contribution in [0.5, 0.6) is 0 Å². The summed E-state index contributed by atoms with van der Waals surface area (Å²) >= 11 is 5.41. The Morgan fingerprint density at radius 1 is 1.31 bits per heavy atom. The van der Waals surface area contributed by atoms with E-state index in [1.165, 1.54) is 40.9 Å². The Labute approximate surface area is 91.7 Å². The van der Waals surface area contributed by atoms with Crippen LogP contribution >= 0.6 is 27.3 Å². The maximum atomic E-state index is 3.52. The van der Waals surface area contributed by atoms with Crippen LogP contribution in [0.15, 0.2) is 15.9 Å². The van der Waals surface area contributed by atoms with Crippen molar-refractivity contribution in [2.24, 2.45) is 0 Å². The number of thiophene rings is 1. The zero-order valence-electron chi connectivity index (χ0n) is 7.63. The fourth-order valence-electron chi connectivity index (χ4n) is 1.91. The zero-order chi connectivity index (χ0) is 9.10. The molecule has 2 rings (SSSR count). The summed E-state index contributed by atoms with van der Waals surface area (Å²) < 4.78 is 1.26. The Bertz CT molecular complexity index is 264. The molecule has 1 saturated heterocycles. The predicted molar refractivity (Wildman–Crippen MR) is 60.0 cm³/mol. The van der Waals surface area contributed by atoms with Crippen LogP contribution in [-0.2, 0) is 0 Å². The minimum absolute atomic E-state index is 0.735. The van der Waals surface area contributed by atoms with E-state index < -0.39 is 0 Å². The first-order valence-corrected chi connectivity index (χ1v) is 6.56. The van der Waals surface area contributed by atoms with Crippen LogP contribution in [0.4, 0.5) is 0 Å². The molecular formula is C10H15BrNS+. The third kappa shape index (κ3) is 2.55. The van der Waals surface area contributed by atoms with E-state index in [0.717, 1.165) is 6.04 Å². The monoisotopic (exact) mass is 260 g/mol. The van der Waals surface area contributed by atoms with Gasteiger partial charge >= 0.3 is 0 Å². The summed E-state index contributed by atoms with van der Waals surface area (Å²) in [5, 5.41) is 2.51. The number of hydrogen-bond donors (Lipinski definition) is 1. The highest BCUT2D eigenvalue weighted by molar-refractivity contribution is 9.11. The van der Waals surface area contributed by atoms with E-state index in [2.05, 4.69) is 33.4 Å². The van der Waals surface area contributed by atoms with Gasteiger partial charge in [0, 0.05) is 6.42 Å². The van der Waals surface area contributed by atoms with Gasteiger partial charge in [0.1, 0.15) is 6.04 Å². The van der Waals surface area contributed by atoms with Crippen molar-refractivity contribution in [2.45, 2.75) is 31.7 Å². The summed E-state index contributed by atoms with van der Waals surface area (Å²) in [6, 6.07) is 5.17. The van der Waals surface area contributed by atoms with E-state index in [-0.39, 0.29) is 0 Å². The van der Waals surface area contributed by atoms with Gasteiger partial charge in [0.15, 0.2) is 0 Å². The summed E-state index contributed by atoms with van der Waals surface area (Å²) in [7, 11) is 0. The molecule has 1 aromatic rings. The lowest BCUT2D eigenvalue weighted by atomic mass is 10.1. The third-order valence-electron chi connectivity index (χ3n) is 2.63. The van der Waals surface area contributed by atoms with Gasteiger partial charge in [-0.1, -0.05) is 0 Å². The molecule has 0 saturated carbocycles. The molecule has 0 unspecified atom stereocenters. The maximum absolute atomic E-state index is 3.52. The highest BCUT2D eigenvalue weighted by Gasteiger charge is 2.18. The summed E-state index contributed by atoms with van der Waals surface area (Å²) in [6.45, 7) is 1.31. The molecule has 1 nitrogen and oxygen atoms in total. The van der Waals surface area contributed by atoms with Gasteiger partial charge in [-0.3, -0.25) is 0 Å². The average molecular weight is 261 g/mol. The van der Waals surface area contributed by atoms with Gasteiger partial charge in [-0.15, -0.1) is 11.3 Å². The Morgan fingerprint density at radius 2 is 2.23 bits per heavy atom. The van der Waals surface area contributed by atoms with E-state index in [0.29, 0.717) is 0 Å². The van der Waals surface area contributed by atoms with Crippen molar-refractivity contribution < 1.29 is 5.32 Å². The second kappa shape index (κ2) is 4.58. The van der Waals surface area contributed by atoms with Gasteiger partial charge < -0.3 is 5.32 Å². The molecule has 1 aliphatic rings. The van der Waals surface area contributed by atoms with Crippen LogP contribution in [0.2, 0.25) is 0 Å². The molecule has 0 bridgehead atoms. The molecular weight excluding hydrogens is 246 g/mol. The van der Waals surface area contributed by atoms with Crippen molar-refractivity contribution in [3.05, 3.63) is 20.8 Å². The fraction of sp³-hybridized carbons (Fsp3) is 0.600. The second-order valence-electron chi connectivity index (χ2n) is 3.62. The van der Waals surface area contributed by atoms with Crippen LogP contribution in [0.1, 0.15) is 36.6 Å². The SMILES string of the molecule is Brc1ccc([C@H]2CCCCC[NH2+]2)s1. The molecule has 2 heterocycles. The summed E-state index contributed by atoms with van der Waals surface area (Å²) in [4.78, 5) is 1.54. The average Bonchev–Trinajstić information content (AvgIpc) is 2.43. The van der Waals surface area contributed by atoms with Gasteiger partial charge in [-0.25, -0.2) is 0 Å². The zero-order valence-corrected chi connectivity index (χ0v) is 10.0. The van der Waals surface area contributed by atoms with E-state index >= 15 is 0 Å². The highest BCUT2D eigenvalue weighted by atomic mass is 79.9. The number of quaternary nitrogens is 1. The van der Waals surface area contributed by atoms with E-state index in [1.54, 1.807) is 0 Å². The highest BCUT2D eigenvalue weighted by Crippen LogP contribution is 2.28. The van der Waals surface area contributed by atoms with Gasteiger partial charge in [-0.05, 0) is 47.3 Å². The Kier molecular flexibility index (Phi) is 3.41. The normalized spacial score (nSPS) is 24.2. The molecule has 0 spiro atoms. The van der Waals surface area contributed by atoms with Crippen molar-refractivity contribution >= 4 is 27.3 Å². The van der Waals surface area contributed by atoms with Gasteiger partial charge in [0.2, 0.25) is 0 Å². The quantitative estimate of drug-likeness (QED) is 0.800. The van der Waals surface area contributed by atoms with Gasteiger partial charge in [-0.2, -0.15) is 0 Å². The second-order valence-corrected chi connectivity index (χ2v) is 6.12. The predicted octanol–water partition coefficient (Wildman–Crippen LogP) is 2.69. The number of halogens is 1. The third-order valence-corrected chi connectivity index (χ3v) is 4.39. The van der Waals surface area contributed by atoms with Crippen molar-refractivity contribution in [2.75, 3.05) is 6.54 Å². The lowest BCUT2D eigenvalue weighted by Crippen LogP contribution is -2.84. The van der Waals surface area contributed by atoms with Crippen molar-refractivity contribution in [3.8, 4) is 0 Å². The first-order valence-electron chi connectivity index (χ1n) is 4.95. The van der Waals surface area contributed by atoms with Crippen LogP contribution < -0.4 is 5.32 Å². The van der Waals surface area contributed by atoms with Crippen molar-refractivity contribution in [1.82, 2.24) is 0 Å². The van der Waals surface area contributed by atoms with Gasteiger partial charge in [0.05, 0.1) is 15.2 Å². The molecule has 0 aromatic carbocycles. The molecule has 1 atom stereocenters. The number of hydrogen-bond acceptors (Lipinski definition) is 1. The lowest BCUT2D eigenvalue weighted by molar-refractivity contribution is -0.694. The van der Waals surface area contributed by atoms with Crippen LogP contribution in [0.3, 0.4) is 0 Å². The maximum Gasteiger partial charge on any atom is 0.121 e. The largest absolute Gasteiger partial charge is 0.339 e. The first kappa shape index (κ1) is 9.69. The molecule has 13 heavy (non-hydrogen) atoms. The standard InChI is InChI=1S/C10H14BrNS/c11-10-6-5-9(13-10)8-4-2-1-3-7-12-8/h5-6,8,12H,1-4,7H2/p+1/t8-/m1/s1. The molecule has 1 fully saturated rings. The molecule has 1 aromatic heterocycles. The van der Waals surface area contributed by atoms with Crippen LogP contribution in [-0.4, -0.2) is 6.54 Å². The number of rotatable bonds is 1. The molecule has 3 heteroatoms. The Hall–Kier alpha value is 0.140. The summed E-state index contributed by atoms with van der Waals surface area (Å²) in [5.74, 6) is 0. The van der Waals surface area contributed by atoms with Crippen molar-refractivity contribution in [1.29, 1.82) is 0 Å². The fourth-order valence-corrected chi connectivity index (χ4v) is 3.46. The van der Waals surface area contributed by atoms with E-state index in [9.17, 15) is 0 Å². The Morgan fingerprint density at radius 3 is 3.00 bits per heavy atom. The van der Waals surface area contributed by atoms with E-state index in [1.807, 2.05) is 11.3 Å². The number of nitrogens with two attached hydrogens (primary N) is 1. The first-order chi connectivity index (χ1) is 6.36. The Balaban J connectivity index is 2.06. The molecule has 72 valence electrons. The van der Waals surface area contributed by atoms with E-state index in [4.69, 9.17) is 0 Å². The minimum atomic E-state index is 0.735. The minimum Gasteiger partial charge on any atom is -0.339 e. The molecule has 2 N–H and O–H groups in total. The van der Waals surface area contributed by atoms with Crippen LogP contribution in [0.25, 0.3) is 0 Å². The topological polar surface area (TPSA) is 16.6 Å². The summed E-state index contributed by atoms with van der Waals surface area (Å²) in [5.41, 5.74) is 0. The molecule has 0 amide bonds.